The minimum absolute atomic E-state index is 0.422. The van der Waals surface area contributed by atoms with Crippen LogP contribution in [0.1, 0.15) is 30.5 Å². The summed E-state index contributed by atoms with van der Waals surface area (Å²) in [4.78, 5) is 4.21. The van der Waals surface area contributed by atoms with E-state index in [9.17, 15) is 0 Å². The van der Waals surface area contributed by atoms with Gasteiger partial charge < -0.3 is 5.32 Å². The number of aryl methyl sites for hydroxylation is 1. The van der Waals surface area contributed by atoms with Crippen LogP contribution >= 0.6 is 23.1 Å². The third-order valence-electron chi connectivity index (χ3n) is 3.28. The highest BCUT2D eigenvalue weighted by atomic mass is 32.2. The van der Waals surface area contributed by atoms with Crippen molar-refractivity contribution in [1.82, 2.24) is 4.98 Å². The molecule has 2 nitrogen and oxygen atoms in total. The van der Waals surface area contributed by atoms with Crippen LogP contribution < -0.4 is 5.32 Å². The first-order valence-corrected chi connectivity index (χ1v) is 7.91. The van der Waals surface area contributed by atoms with E-state index in [1.54, 1.807) is 0 Å². The zero-order valence-corrected chi connectivity index (χ0v) is 12.1. The molecule has 3 heterocycles. The van der Waals surface area contributed by atoms with Gasteiger partial charge in [0.2, 0.25) is 0 Å². The number of thioether (sulfide) groups is 1. The molecule has 0 spiro atoms. The van der Waals surface area contributed by atoms with E-state index in [4.69, 9.17) is 0 Å². The molecule has 18 heavy (non-hydrogen) atoms. The molecule has 94 valence electrons. The Morgan fingerprint density at radius 1 is 1.39 bits per heavy atom. The molecule has 0 aromatic carbocycles. The zero-order valence-electron chi connectivity index (χ0n) is 10.5. The van der Waals surface area contributed by atoms with Crippen molar-refractivity contribution in [1.29, 1.82) is 0 Å². The number of rotatable bonds is 2. The highest BCUT2D eigenvalue weighted by molar-refractivity contribution is 8.01. The van der Waals surface area contributed by atoms with Gasteiger partial charge in [-0.15, -0.1) is 23.1 Å². The Kier molecular flexibility index (Phi) is 3.31. The van der Waals surface area contributed by atoms with E-state index < -0.39 is 0 Å². The molecule has 3 rings (SSSR count). The second-order valence-corrected chi connectivity index (χ2v) is 7.34. The molecule has 0 amide bonds. The average Bonchev–Trinajstić information content (AvgIpc) is 2.80. The molecule has 1 unspecified atom stereocenters. The summed E-state index contributed by atoms with van der Waals surface area (Å²) in [5.74, 6) is 0. The molecule has 0 fully saturated rings. The van der Waals surface area contributed by atoms with Crippen LogP contribution in [0.4, 0.5) is 5.69 Å². The van der Waals surface area contributed by atoms with E-state index >= 15 is 0 Å². The van der Waals surface area contributed by atoms with Gasteiger partial charge in [-0.05, 0) is 42.0 Å². The largest absolute Gasteiger partial charge is 0.377 e. The number of anilines is 1. The van der Waals surface area contributed by atoms with Crippen LogP contribution in [0, 0.1) is 6.92 Å². The van der Waals surface area contributed by atoms with Gasteiger partial charge in [0.15, 0.2) is 0 Å². The van der Waals surface area contributed by atoms with Crippen molar-refractivity contribution in [2.45, 2.75) is 35.8 Å². The summed E-state index contributed by atoms with van der Waals surface area (Å²) in [5, 5.41) is 6.52. The molecule has 2 atom stereocenters. The molecule has 1 aliphatic heterocycles. The van der Waals surface area contributed by atoms with Gasteiger partial charge in [-0.25, -0.2) is 0 Å². The number of fused-ring (bicyclic) bond motifs is 1. The van der Waals surface area contributed by atoms with Gasteiger partial charge in [-0.1, -0.05) is 6.92 Å². The Balaban J connectivity index is 1.88. The number of hydrogen-bond donors (Lipinski definition) is 1. The van der Waals surface area contributed by atoms with Gasteiger partial charge in [-0.2, -0.15) is 0 Å². The number of aromatic nitrogens is 1. The lowest BCUT2D eigenvalue weighted by Gasteiger charge is -2.28. The lowest BCUT2D eigenvalue weighted by molar-refractivity contribution is 0.669. The monoisotopic (exact) mass is 276 g/mol. The van der Waals surface area contributed by atoms with Crippen molar-refractivity contribution in [2.75, 3.05) is 5.32 Å². The Labute approximate surface area is 116 Å². The number of nitrogens with one attached hydrogen (secondary N) is 1. The highest BCUT2D eigenvalue weighted by Gasteiger charge is 2.26. The van der Waals surface area contributed by atoms with Crippen molar-refractivity contribution in [3.8, 4) is 0 Å². The maximum atomic E-state index is 4.21. The maximum Gasteiger partial charge on any atom is 0.0653 e. The quantitative estimate of drug-likeness (QED) is 0.875. The summed E-state index contributed by atoms with van der Waals surface area (Å²) < 4.78 is 1.47. The van der Waals surface area contributed by atoms with Crippen LogP contribution in [0.5, 0.6) is 0 Å². The van der Waals surface area contributed by atoms with Gasteiger partial charge in [-0.3, -0.25) is 4.98 Å². The number of thiophene rings is 1. The first kappa shape index (κ1) is 12.1. The fourth-order valence-corrected chi connectivity index (χ4v) is 4.86. The van der Waals surface area contributed by atoms with Crippen molar-refractivity contribution in [2.24, 2.45) is 0 Å². The summed E-state index contributed by atoms with van der Waals surface area (Å²) in [6.07, 6.45) is 4.94. The zero-order chi connectivity index (χ0) is 12.5. The van der Waals surface area contributed by atoms with Crippen molar-refractivity contribution < 1.29 is 0 Å². The first-order valence-electron chi connectivity index (χ1n) is 6.15. The summed E-state index contributed by atoms with van der Waals surface area (Å²) in [6.45, 7) is 4.43. The lowest BCUT2D eigenvalue weighted by Crippen LogP contribution is -2.19. The fourth-order valence-electron chi connectivity index (χ4n) is 2.29. The standard InChI is InChI=1S/C14H16N2S2/c1-9-3-5-15-8-13(9)16-12-7-10(2)18-14-11(12)4-6-17-14/h3-6,8,10,12,16H,7H2,1-2H3/t10-,12?/m0/s1. The van der Waals surface area contributed by atoms with E-state index in [0.717, 1.165) is 5.69 Å². The summed E-state index contributed by atoms with van der Waals surface area (Å²) in [5.41, 5.74) is 3.86. The summed E-state index contributed by atoms with van der Waals surface area (Å²) >= 11 is 3.85. The van der Waals surface area contributed by atoms with Gasteiger partial charge in [0.1, 0.15) is 0 Å². The van der Waals surface area contributed by atoms with Crippen LogP contribution in [0.15, 0.2) is 34.1 Å². The molecular weight excluding hydrogens is 260 g/mol. The second-order valence-electron chi connectivity index (χ2n) is 4.72. The van der Waals surface area contributed by atoms with E-state index in [0.29, 0.717) is 11.3 Å². The van der Waals surface area contributed by atoms with Crippen LogP contribution in [0.25, 0.3) is 0 Å². The lowest BCUT2D eigenvalue weighted by atomic mass is 10.0. The normalized spacial score (nSPS) is 22.6. The molecule has 0 saturated heterocycles. The maximum absolute atomic E-state index is 4.21. The molecular formula is C14H16N2S2. The highest BCUT2D eigenvalue weighted by Crippen LogP contribution is 2.44. The van der Waals surface area contributed by atoms with Crippen molar-refractivity contribution in [3.63, 3.8) is 0 Å². The Morgan fingerprint density at radius 3 is 3.11 bits per heavy atom. The Morgan fingerprint density at radius 2 is 2.28 bits per heavy atom. The molecule has 0 saturated carbocycles. The average molecular weight is 276 g/mol. The van der Waals surface area contributed by atoms with E-state index in [1.165, 1.54) is 21.8 Å². The van der Waals surface area contributed by atoms with Gasteiger partial charge >= 0.3 is 0 Å². The van der Waals surface area contributed by atoms with Gasteiger partial charge in [0.25, 0.3) is 0 Å². The predicted octanol–water partition coefficient (Wildman–Crippen LogP) is 4.49. The molecule has 0 radical (unpaired) electrons. The van der Waals surface area contributed by atoms with Crippen molar-refractivity contribution >= 4 is 28.8 Å². The SMILES string of the molecule is Cc1ccncc1NC1C[C@H](C)Sc2sccc21. The van der Waals surface area contributed by atoms with Gasteiger partial charge in [0.05, 0.1) is 22.1 Å². The fraction of sp³-hybridized carbons (Fsp3) is 0.357. The van der Waals surface area contributed by atoms with Crippen molar-refractivity contribution in [3.05, 3.63) is 41.0 Å². The Hall–Kier alpha value is -1.00. The van der Waals surface area contributed by atoms with Crippen LogP contribution in [-0.2, 0) is 0 Å². The minimum atomic E-state index is 0.422. The van der Waals surface area contributed by atoms with E-state index in [-0.39, 0.29) is 0 Å². The van der Waals surface area contributed by atoms with Crippen LogP contribution in [0.2, 0.25) is 0 Å². The third-order valence-corrected chi connectivity index (χ3v) is 5.62. The first-order chi connectivity index (χ1) is 8.74. The molecule has 4 heteroatoms. The smallest absolute Gasteiger partial charge is 0.0653 e. The Bertz CT molecular complexity index is 550. The summed E-state index contributed by atoms with van der Waals surface area (Å²) in [6, 6.07) is 4.73. The second kappa shape index (κ2) is 4.94. The van der Waals surface area contributed by atoms with Crippen LogP contribution in [0.3, 0.4) is 0 Å². The molecule has 2 aromatic rings. The van der Waals surface area contributed by atoms with E-state index in [2.05, 4.69) is 41.7 Å². The van der Waals surface area contributed by atoms with Crippen LogP contribution in [-0.4, -0.2) is 10.2 Å². The molecule has 2 aromatic heterocycles. The predicted molar refractivity (Wildman–Crippen MR) is 79.6 cm³/mol. The number of pyridine rings is 1. The third kappa shape index (κ3) is 2.27. The molecule has 0 aliphatic carbocycles. The number of hydrogen-bond acceptors (Lipinski definition) is 4. The summed E-state index contributed by atoms with van der Waals surface area (Å²) in [7, 11) is 0. The van der Waals surface area contributed by atoms with Gasteiger partial charge in [0, 0.05) is 11.4 Å². The molecule has 0 bridgehead atoms. The number of nitrogens with zero attached hydrogens (tertiary/aromatic N) is 1. The minimum Gasteiger partial charge on any atom is -0.377 e. The molecule has 1 N–H and O–H groups in total. The van der Waals surface area contributed by atoms with E-state index in [1.807, 2.05) is 35.5 Å². The topological polar surface area (TPSA) is 24.9 Å². The molecule has 1 aliphatic rings.